The number of hydrogen-bond donors (Lipinski definition) is 4. The lowest BCUT2D eigenvalue weighted by molar-refractivity contribution is 0.0953. The molecule has 0 aliphatic heterocycles. The number of hydrogen-bond acceptors (Lipinski definition) is 6. The van der Waals surface area contributed by atoms with E-state index in [0.717, 1.165) is 11.6 Å². The van der Waals surface area contributed by atoms with Gasteiger partial charge in [0.15, 0.2) is 23.1 Å². The van der Waals surface area contributed by atoms with Gasteiger partial charge in [-0.2, -0.15) is 0 Å². The van der Waals surface area contributed by atoms with Gasteiger partial charge in [-0.3, -0.25) is 4.79 Å². The number of carbonyl (C=O) groups is 1. The number of nitrogen functional groups attached to an aromatic ring is 1. The number of phenols is 1. The Kier molecular flexibility index (Phi) is 7.50. The van der Waals surface area contributed by atoms with Gasteiger partial charge >= 0.3 is 0 Å². The Morgan fingerprint density at radius 2 is 1.97 bits per heavy atom. The van der Waals surface area contributed by atoms with Gasteiger partial charge in [0, 0.05) is 23.9 Å². The average molecular weight is 459 g/mol. The van der Waals surface area contributed by atoms with E-state index in [1.807, 2.05) is 0 Å². The van der Waals surface area contributed by atoms with Crippen LogP contribution in [0.15, 0.2) is 48.7 Å². The number of aromatic hydroxyl groups is 1. The topological polar surface area (TPSA) is 123 Å². The highest BCUT2D eigenvalue weighted by atomic mass is 35.5. The Morgan fingerprint density at radius 1 is 1.25 bits per heavy atom. The monoisotopic (exact) mass is 458 g/mol. The molecule has 0 saturated heterocycles. The molecule has 9 heteroatoms. The summed E-state index contributed by atoms with van der Waals surface area (Å²) in [5.41, 5.74) is 13.5. The van der Waals surface area contributed by atoms with Crippen LogP contribution in [0.1, 0.15) is 35.4 Å². The van der Waals surface area contributed by atoms with Crippen LogP contribution in [0.5, 0.6) is 11.5 Å². The molecule has 0 aliphatic rings. The molecular weight excluding hydrogens is 435 g/mol. The number of amides is 1. The number of anilines is 1. The first-order valence-electron chi connectivity index (χ1n) is 9.99. The minimum Gasteiger partial charge on any atom is -0.504 e. The summed E-state index contributed by atoms with van der Waals surface area (Å²) in [5.74, 6) is -1.17. The normalized spacial score (nSPS) is 11.8. The van der Waals surface area contributed by atoms with Gasteiger partial charge in [-0.1, -0.05) is 23.7 Å². The molecule has 1 unspecified atom stereocenters. The number of benzene rings is 2. The molecule has 6 N–H and O–H groups in total. The number of aromatic nitrogens is 1. The fraction of sp³-hybridized carbons (Fsp3) is 0.217. The van der Waals surface area contributed by atoms with E-state index in [1.165, 1.54) is 6.07 Å². The van der Waals surface area contributed by atoms with Crippen molar-refractivity contribution >= 4 is 23.3 Å². The third-order valence-electron chi connectivity index (χ3n) is 4.85. The van der Waals surface area contributed by atoms with Gasteiger partial charge in [0.25, 0.3) is 5.91 Å². The van der Waals surface area contributed by atoms with E-state index >= 15 is 0 Å². The van der Waals surface area contributed by atoms with E-state index in [2.05, 4.69) is 10.3 Å². The summed E-state index contributed by atoms with van der Waals surface area (Å²) in [6.45, 7) is 2.64. The van der Waals surface area contributed by atoms with Crippen molar-refractivity contribution in [3.63, 3.8) is 0 Å². The lowest BCUT2D eigenvalue weighted by Gasteiger charge is -2.19. The number of nitrogens with one attached hydrogen (secondary N) is 1. The minimum atomic E-state index is -0.799. The highest BCUT2D eigenvalue weighted by Crippen LogP contribution is 2.37. The lowest BCUT2D eigenvalue weighted by Crippen LogP contribution is -2.25. The average Bonchev–Trinajstić information content (AvgIpc) is 2.78. The quantitative estimate of drug-likeness (QED) is 0.377. The Hall–Kier alpha value is -3.36. The van der Waals surface area contributed by atoms with Crippen LogP contribution in [0, 0.1) is 5.82 Å². The predicted octanol–water partition coefficient (Wildman–Crippen LogP) is 4.05. The molecule has 168 valence electrons. The first kappa shape index (κ1) is 23.3. The van der Waals surface area contributed by atoms with Gasteiger partial charge in [0.05, 0.1) is 10.6 Å². The number of halogens is 2. The molecule has 1 amide bonds. The highest BCUT2D eigenvalue weighted by molar-refractivity contribution is 6.31. The van der Waals surface area contributed by atoms with Crippen LogP contribution in [0.2, 0.25) is 5.02 Å². The van der Waals surface area contributed by atoms with Crippen molar-refractivity contribution in [3.05, 3.63) is 70.6 Å². The summed E-state index contributed by atoms with van der Waals surface area (Å²) in [4.78, 5) is 16.3. The smallest absolute Gasteiger partial charge is 0.251 e. The molecule has 0 radical (unpaired) electrons. The Labute approximate surface area is 190 Å². The standard InChI is InChI=1S/C23H24ClFN4O3/c1-13(20-17(24)7-8-18(25)21(20)30)32-19-11-16(12-29-22(19)27)14-3-5-15(6-4-14)23(31)28-10-2-9-26/h3-8,11-13,30H,2,9-10,26H2,1H3,(H2,27,29)(H,28,31). The van der Waals surface area contributed by atoms with Crippen molar-refractivity contribution in [3.8, 4) is 22.6 Å². The zero-order valence-corrected chi connectivity index (χ0v) is 18.2. The van der Waals surface area contributed by atoms with Gasteiger partial charge in [0.1, 0.15) is 6.10 Å². The van der Waals surface area contributed by atoms with Crippen LogP contribution in [-0.2, 0) is 0 Å². The fourth-order valence-electron chi connectivity index (χ4n) is 3.12. The van der Waals surface area contributed by atoms with Gasteiger partial charge in [-0.25, -0.2) is 9.37 Å². The van der Waals surface area contributed by atoms with Gasteiger partial charge < -0.3 is 26.6 Å². The number of nitrogens with two attached hydrogens (primary N) is 2. The number of rotatable bonds is 8. The molecule has 7 nitrogen and oxygen atoms in total. The molecule has 1 heterocycles. The van der Waals surface area contributed by atoms with Crippen LogP contribution < -0.4 is 21.5 Å². The summed E-state index contributed by atoms with van der Waals surface area (Å²) in [6, 6.07) is 11.1. The van der Waals surface area contributed by atoms with Crippen molar-refractivity contribution in [1.82, 2.24) is 10.3 Å². The molecular formula is C23H24ClFN4O3. The molecule has 0 bridgehead atoms. The molecule has 2 aromatic carbocycles. The maximum atomic E-state index is 13.8. The second-order valence-electron chi connectivity index (χ2n) is 7.13. The maximum Gasteiger partial charge on any atom is 0.251 e. The zero-order chi connectivity index (χ0) is 23.3. The summed E-state index contributed by atoms with van der Waals surface area (Å²) in [6.07, 6.45) is 1.49. The van der Waals surface area contributed by atoms with Crippen molar-refractivity contribution in [2.75, 3.05) is 18.8 Å². The molecule has 3 aromatic rings. The first-order valence-corrected chi connectivity index (χ1v) is 10.4. The Balaban J connectivity index is 1.80. The minimum absolute atomic E-state index is 0.112. The maximum absolute atomic E-state index is 13.8. The molecule has 0 aliphatic carbocycles. The second kappa shape index (κ2) is 10.3. The number of carbonyl (C=O) groups excluding carboxylic acids is 1. The van der Waals surface area contributed by atoms with E-state index in [4.69, 9.17) is 27.8 Å². The van der Waals surface area contributed by atoms with Crippen LogP contribution >= 0.6 is 11.6 Å². The number of ether oxygens (including phenoxy) is 1. The summed E-state index contributed by atoms with van der Waals surface area (Å²) < 4.78 is 19.6. The summed E-state index contributed by atoms with van der Waals surface area (Å²) in [5, 5.41) is 13.0. The van der Waals surface area contributed by atoms with Crippen molar-refractivity contribution < 1.29 is 19.0 Å². The third kappa shape index (κ3) is 5.27. The van der Waals surface area contributed by atoms with E-state index in [9.17, 15) is 14.3 Å². The molecule has 0 spiro atoms. The van der Waals surface area contributed by atoms with E-state index in [-0.39, 0.29) is 28.1 Å². The van der Waals surface area contributed by atoms with E-state index < -0.39 is 17.7 Å². The van der Waals surface area contributed by atoms with Crippen LogP contribution in [0.3, 0.4) is 0 Å². The van der Waals surface area contributed by atoms with Crippen molar-refractivity contribution in [2.45, 2.75) is 19.4 Å². The second-order valence-corrected chi connectivity index (χ2v) is 7.54. The van der Waals surface area contributed by atoms with Crippen LogP contribution in [0.4, 0.5) is 10.2 Å². The number of pyridine rings is 1. The molecule has 0 fully saturated rings. The zero-order valence-electron chi connectivity index (χ0n) is 17.4. The highest BCUT2D eigenvalue weighted by Gasteiger charge is 2.20. The van der Waals surface area contributed by atoms with E-state index in [1.54, 1.807) is 43.5 Å². The summed E-state index contributed by atoms with van der Waals surface area (Å²) >= 11 is 6.12. The lowest BCUT2D eigenvalue weighted by atomic mass is 10.0. The third-order valence-corrected chi connectivity index (χ3v) is 5.18. The van der Waals surface area contributed by atoms with Crippen molar-refractivity contribution in [1.29, 1.82) is 0 Å². The van der Waals surface area contributed by atoms with E-state index in [0.29, 0.717) is 30.6 Å². The molecule has 32 heavy (non-hydrogen) atoms. The van der Waals surface area contributed by atoms with Crippen molar-refractivity contribution in [2.24, 2.45) is 5.73 Å². The predicted molar refractivity (Wildman–Crippen MR) is 122 cm³/mol. The Morgan fingerprint density at radius 3 is 2.66 bits per heavy atom. The van der Waals surface area contributed by atoms with Crippen LogP contribution in [-0.4, -0.2) is 29.1 Å². The summed E-state index contributed by atoms with van der Waals surface area (Å²) in [7, 11) is 0. The first-order chi connectivity index (χ1) is 15.3. The molecule has 1 atom stereocenters. The fourth-order valence-corrected chi connectivity index (χ4v) is 3.43. The van der Waals surface area contributed by atoms with Crippen LogP contribution in [0.25, 0.3) is 11.1 Å². The van der Waals surface area contributed by atoms with Gasteiger partial charge in [0.2, 0.25) is 0 Å². The largest absolute Gasteiger partial charge is 0.504 e. The molecule has 3 rings (SSSR count). The number of phenolic OH excluding ortho intramolecular Hbond substituents is 1. The molecule has 1 aromatic heterocycles. The van der Waals surface area contributed by atoms with Gasteiger partial charge in [-0.15, -0.1) is 0 Å². The number of nitrogens with zero attached hydrogens (tertiary/aromatic N) is 1. The SMILES string of the molecule is CC(Oc1cc(-c2ccc(C(=O)NCCCN)cc2)cnc1N)c1c(Cl)ccc(F)c1O. The van der Waals surface area contributed by atoms with Gasteiger partial charge in [-0.05, 0) is 55.8 Å². The Bertz CT molecular complexity index is 1110. The molecule has 0 saturated carbocycles.